The van der Waals surface area contributed by atoms with Crippen molar-refractivity contribution in [1.82, 2.24) is 0 Å². The van der Waals surface area contributed by atoms with Gasteiger partial charge < -0.3 is 14.9 Å². The molecule has 0 aromatic rings. The van der Waals surface area contributed by atoms with Gasteiger partial charge in [0.2, 0.25) is 0 Å². The lowest BCUT2D eigenvalue weighted by molar-refractivity contribution is -0.163. The second-order valence-electron chi connectivity index (χ2n) is 3.76. The van der Waals surface area contributed by atoms with Gasteiger partial charge in [-0.25, -0.2) is 0 Å². The van der Waals surface area contributed by atoms with Crippen molar-refractivity contribution >= 4 is 5.97 Å². The third kappa shape index (κ3) is 1.44. The molecule has 4 nitrogen and oxygen atoms in total. The van der Waals surface area contributed by atoms with E-state index in [0.29, 0.717) is 6.42 Å². The summed E-state index contributed by atoms with van der Waals surface area (Å²) in [6.45, 7) is 4.94. The highest BCUT2D eigenvalue weighted by Crippen LogP contribution is 2.34. The number of rotatable bonds is 2. The normalized spacial score (nSPS) is 41.8. The molecular weight excluding hydrogens is 172 g/mol. The van der Waals surface area contributed by atoms with Crippen LogP contribution in [0.5, 0.6) is 0 Å². The molecule has 4 heteroatoms. The average Bonchev–Trinajstić information content (AvgIpc) is 2.30. The van der Waals surface area contributed by atoms with Crippen LogP contribution in [0.2, 0.25) is 0 Å². The summed E-state index contributed by atoms with van der Waals surface area (Å²) in [5.41, 5.74) is -1.13. The van der Waals surface area contributed by atoms with Crippen LogP contribution in [0.15, 0.2) is 0 Å². The molecule has 0 unspecified atom stereocenters. The van der Waals surface area contributed by atoms with Gasteiger partial charge in [-0.3, -0.25) is 4.79 Å². The van der Waals surface area contributed by atoms with Crippen molar-refractivity contribution in [1.29, 1.82) is 0 Å². The Labute approximate surface area is 77.5 Å². The summed E-state index contributed by atoms with van der Waals surface area (Å²) in [6.07, 6.45) is -1.28. The van der Waals surface area contributed by atoms with E-state index >= 15 is 0 Å². The first-order chi connectivity index (χ1) is 5.93. The van der Waals surface area contributed by atoms with Crippen LogP contribution in [0.4, 0.5) is 0 Å². The van der Waals surface area contributed by atoms with E-state index in [-0.39, 0.29) is 0 Å². The Morgan fingerprint density at radius 1 is 1.69 bits per heavy atom. The predicted octanol–water partition coefficient (Wildman–Crippen LogP) is 0.0698. The Hall–Kier alpha value is -0.610. The van der Waals surface area contributed by atoms with Gasteiger partial charge in [0.25, 0.3) is 0 Å². The standard InChI is InChI=1S/C9H16O4/c1-4-6(10)9(3)7(11)5(2)8(12)13-9/h5-7,10-11H,4H2,1-3H3/t5-,6-,7-,9-/m0/s1. The predicted molar refractivity (Wildman–Crippen MR) is 46.0 cm³/mol. The van der Waals surface area contributed by atoms with Crippen LogP contribution in [0.1, 0.15) is 27.2 Å². The minimum atomic E-state index is -1.13. The van der Waals surface area contributed by atoms with Crippen LogP contribution < -0.4 is 0 Å². The lowest BCUT2D eigenvalue weighted by Crippen LogP contribution is -2.48. The number of aliphatic hydroxyl groups is 2. The summed E-state index contributed by atoms with van der Waals surface area (Å²) < 4.78 is 4.99. The molecule has 0 radical (unpaired) electrons. The van der Waals surface area contributed by atoms with Crippen LogP contribution in [0, 0.1) is 5.92 Å². The molecule has 0 aromatic carbocycles. The number of esters is 1. The first-order valence-electron chi connectivity index (χ1n) is 4.52. The fourth-order valence-electron chi connectivity index (χ4n) is 1.67. The van der Waals surface area contributed by atoms with Crippen LogP contribution in [-0.4, -0.2) is 34.0 Å². The molecule has 13 heavy (non-hydrogen) atoms. The number of hydrogen-bond acceptors (Lipinski definition) is 4. The largest absolute Gasteiger partial charge is 0.454 e. The van der Waals surface area contributed by atoms with E-state index in [4.69, 9.17) is 4.74 Å². The lowest BCUT2D eigenvalue weighted by atomic mass is 9.87. The van der Waals surface area contributed by atoms with Gasteiger partial charge in [0, 0.05) is 0 Å². The molecule has 0 saturated carbocycles. The van der Waals surface area contributed by atoms with E-state index in [2.05, 4.69) is 0 Å². The molecular formula is C9H16O4. The number of ether oxygens (including phenoxy) is 1. The number of carbonyl (C=O) groups excluding carboxylic acids is 1. The van der Waals surface area contributed by atoms with Crippen molar-refractivity contribution in [2.75, 3.05) is 0 Å². The first kappa shape index (κ1) is 10.5. The van der Waals surface area contributed by atoms with Crippen LogP contribution >= 0.6 is 0 Å². The SMILES string of the molecule is CC[C@H](O)[C@]1(C)OC(=O)[C@@H](C)[C@@H]1O. The van der Waals surface area contributed by atoms with Gasteiger partial charge in [-0.2, -0.15) is 0 Å². The van der Waals surface area contributed by atoms with Crippen molar-refractivity contribution < 1.29 is 19.7 Å². The molecule has 0 bridgehead atoms. The molecule has 76 valence electrons. The second kappa shape index (κ2) is 3.27. The molecule has 0 aliphatic carbocycles. The maximum Gasteiger partial charge on any atom is 0.312 e. The molecule has 0 spiro atoms. The average molecular weight is 188 g/mol. The van der Waals surface area contributed by atoms with E-state index < -0.39 is 29.7 Å². The van der Waals surface area contributed by atoms with Crippen LogP contribution in [0.25, 0.3) is 0 Å². The molecule has 0 aromatic heterocycles. The third-order valence-corrected chi connectivity index (χ3v) is 2.80. The quantitative estimate of drug-likeness (QED) is 0.602. The van der Waals surface area contributed by atoms with Gasteiger partial charge in [-0.1, -0.05) is 6.92 Å². The molecule has 1 rings (SSSR count). The number of cyclic esters (lactones) is 1. The zero-order chi connectivity index (χ0) is 10.2. The van der Waals surface area contributed by atoms with Gasteiger partial charge in [0.05, 0.1) is 12.0 Å². The highest BCUT2D eigenvalue weighted by atomic mass is 16.6. The summed E-state index contributed by atoms with van der Waals surface area (Å²) in [4.78, 5) is 11.1. The zero-order valence-electron chi connectivity index (χ0n) is 8.15. The Kier molecular flexibility index (Phi) is 2.63. The third-order valence-electron chi connectivity index (χ3n) is 2.80. The van der Waals surface area contributed by atoms with Crippen LogP contribution in [-0.2, 0) is 9.53 Å². The fourth-order valence-corrected chi connectivity index (χ4v) is 1.67. The minimum absolute atomic E-state index is 0.442. The van der Waals surface area contributed by atoms with Crippen molar-refractivity contribution in [2.24, 2.45) is 5.92 Å². The Balaban J connectivity index is 2.87. The molecule has 1 saturated heterocycles. The molecule has 4 atom stereocenters. The number of carbonyl (C=O) groups is 1. The summed E-state index contributed by atoms with van der Waals surface area (Å²) in [6, 6.07) is 0. The zero-order valence-corrected chi connectivity index (χ0v) is 8.15. The Morgan fingerprint density at radius 2 is 2.23 bits per heavy atom. The van der Waals surface area contributed by atoms with Crippen molar-refractivity contribution in [3.05, 3.63) is 0 Å². The summed E-state index contributed by atoms with van der Waals surface area (Å²) in [7, 11) is 0. The summed E-state index contributed by atoms with van der Waals surface area (Å²) in [5.74, 6) is -0.992. The van der Waals surface area contributed by atoms with E-state index in [1.165, 1.54) is 0 Å². The van der Waals surface area contributed by atoms with Gasteiger partial charge in [0.15, 0.2) is 5.60 Å². The molecule has 0 amide bonds. The monoisotopic (exact) mass is 188 g/mol. The van der Waals surface area contributed by atoms with Gasteiger partial charge >= 0.3 is 5.97 Å². The van der Waals surface area contributed by atoms with E-state index in [1.54, 1.807) is 20.8 Å². The maximum atomic E-state index is 11.1. The number of hydrogen-bond donors (Lipinski definition) is 2. The smallest absolute Gasteiger partial charge is 0.312 e. The van der Waals surface area contributed by atoms with Crippen molar-refractivity contribution in [2.45, 2.75) is 45.0 Å². The topological polar surface area (TPSA) is 66.8 Å². The van der Waals surface area contributed by atoms with Gasteiger partial charge in [0.1, 0.15) is 6.10 Å². The van der Waals surface area contributed by atoms with Crippen molar-refractivity contribution in [3.63, 3.8) is 0 Å². The first-order valence-corrected chi connectivity index (χ1v) is 4.52. The Morgan fingerprint density at radius 3 is 2.54 bits per heavy atom. The molecule has 1 aliphatic rings. The van der Waals surface area contributed by atoms with E-state index in [9.17, 15) is 15.0 Å². The van der Waals surface area contributed by atoms with Gasteiger partial charge in [-0.15, -0.1) is 0 Å². The molecule has 2 N–H and O–H groups in total. The maximum absolute atomic E-state index is 11.1. The van der Waals surface area contributed by atoms with Crippen LogP contribution in [0.3, 0.4) is 0 Å². The number of aliphatic hydroxyl groups excluding tert-OH is 2. The lowest BCUT2D eigenvalue weighted by Gasteiger charge is -2.31. The van der Waals surface area contributed by atoms with E-state index in [1.807, 2.05) is 0 Å². The highest BCUT2D eigenvalue weighted by molar-refractivity contribution is 5.76. The minimum Gasteiger partial charge on any atom is -0.454 e. The molecule has 1 heterocycles. The highest BCUT2D eigenvalue weighted by Gasteiger charge is 2.53. The van der Waals surface area contributed by atoms with E-state index in [0.717, 1.165) is 0 Å². The summed E-state index contributed by atoms with van der Waals surface area (Å²) in [5, 5.41) is 19.3. The fraction of sp³-hybridized carbons (Fsp3) is 0.889. The summed E-state index contributed by atoms with van der Waals surface area (Å²) >= 11 is 0. The van der Waals surface area contributed by atoms with Gasteiger partial charge in [-0.05, 0) is 20.3 Å². The molecule has 1 fully saturated rings. The van der Waals surface area contributed by atoms with Crippen molar-refractivity contribution in [3.8, 4) is 0 Å². The Bertz CT molecular complexity index is 216. The second-order valence-corrected chi connectivity index (χ2v) is 3.76. The molecule has 1 aliphatic heterocycles.